The molecule has 0 spiro atoms. The normalized spacial score (nSPS) is 17.1. The van der Waals surface area contributed by atoms with Gasteiger partial charge in [-0.25, -0.2) is 0 Å². The fourth-order valence-corrected chi connectivity index (χ4v) is 2.60. The molecule has 2 heterocycles. The smallest absolute Gasteiger partial charge is 0.224 e. The number of aromatic nitrogens is 1. The molecule has 1 unspecified atom stereocenters. The maximum absolute atomic E-state index is 12.1. The Labute approximate surface area is 121 Å². The van der Waals surface area contributed by atoms with E-state index in [1.54, 1.807) is 0 Å². The summed E-state index contributed by atoms with van der Waals surface area (Å²) in [5.41, 5.74) is 3.28. The van der Waals surface area contributed by atoms with Crippen molar-refractivity contribution in [2.45, 2.75) is 40.2 Å². The lowest BCUT2D eigenvalue weighted by Gasteiger charge is -2.19. The molecule has 0 bridgehead atoms. The molecule has 2 rings (SSSR count). The topological polar surface area (TPSA) is 45.2 Å². The maximum atomic E-state index is 12.1. The van der Waals surface area contributed by atoms with Crippen molar-refractivity contribution in [2.24, 2.45) is 5.92 Å². The molecule has 4 nitrogen and oxygen atoms in total. The third kappa shape index (κ3) is 4.04. The van der Waals surface area contributed by atoms with E-state index in [0.717, 1.165) is 30.9 Å². The number of nitrogens with zero attached hydrogens (tertiary/aromatic N) is 2. The Morgan fingerprint density at radius 1 is 1.40 bits per heavy atom. The van der Waals surface area contributed by atoms with Gasteiger partial charge in [-0.05, 0) is 50.9 Å². The monoisotopic (exact) mass is 275 g/mol. The number of aryl methyl sites for hydroxylation is 2. The Kier molecular flexibility index (Phi) is 5.12. The highest BCUT2D eigenvalue weighted by molar-refractivity contribution is 5.78. The third-order valence-corrected chi connectivity index (χ3v) is 4.04. The van der Waals surface area contributed by atoms with Crippen LogP contribution in [0.5, 0.6) is 0 Å². The molecule has 110 valence electrons. The van der Waals surface area contributed by atoms with E-state index in [9.17, 15) is 4.79 Å². The largest absolute Gasteiger partial charge is 0.352 e. The van der Waals surface area contributed by atoms with Crippen molar-refractivity contribution in [1.82, 2.24) is 15.2 Å². The Morgan fingerprint density at radius 2 is 2.10 bits per heavy atom. The summed E-state index contributed by atoms with van der Waals surface area (Å²) in [6.45, 7) is 9.76. The minimum absolute atomic E-state index is 0.0487. The van der Waals surface area contributed by atoms with Crippen LogP contribution in [0.4, 0.5) is 0 Å². The lowest BCUT2D eigenvalue weighted by Crippen LogP contribution is -2.36. The van der Waals surface area contributed by atoms with Gasteiger partial charge in [-0.3, -0.25) is 9.78 Å². The van der Waals surface area contributed by atoms with Gasteiger partial charge in [0.05, 0.1) is 0 Å². The Bertz CT molecular complexity index is 467. The molecule has 1 fully saturated rings. The van der Waals surface area contributed by atoms with Crippen LogP contribution in [0.15, 0.2) is 12.3 Å². The molecular formula is C16H25N3O. The second-order valence-corrected chi connectivity index (χ2v) is 5.87. The summed E-state index contributed by atoms with van der Waals surface area (Å²) in [4.78, 5) is 18.8. The van der Waals surface area contributed by atoms with Crippen molar-refractivity contribution in [3.63, 3.8) is 0 Å². The van der Waals surface area contributed by atoms with E-state index in [2.05, 4.69) is 21.3 Å². The number of nitrogens with one attached hydrogen (secondary N) is 1. The van der Waals surface area contributed by atoms with Gasteiger partial charge >= 0.3 is 0 Å². The highest BCUT2D eigenvalue weighted by Crippen LogP contribution is 2.11. The van der Waals surface area contributed by atoms with Crippen molar-refractivity contribution in [3.8, 4) is 0 Å². The van der Waals surface area contributed by atoms with Crippen LogP contribution in [-0.2, 0) is 11.3 Å². The highest BCUT2D eigenvalue weighted by Gasteiger charge is 2.19. The summed E-state index contributed by atoms with van der Waals surface area (Å²) in [7, 11) is 0. The van der Waals surface area contributed by atoms with Gasteiger partial charge in [0.25, 0.3) is 0 Å². The van der Waals surface area contributed by atoms with E-state index in [0.29, 0.717) is 6.54 Å². The Hall–Kier alpha value is -1.42. The molecule has 0 radical (unpaired) electrons. The summed E-state index contributed by atoms with van der Waals surface area (Å²) in [5.74, 6) is 0.183. The first kappa shape index (κ1) is 15.0. The molecule has 1 aromatic heterocycles. The average Bonchev–Trinajstić information content (AvgIpc) is 2.92. The van der Waals surface area contributed by atoms with Gasteiger partial charge in [0.1, 0.15) is 0 Å². The Balaban J connectivity index is 1.80. The second-order valence-electron chi connectivity index (χ2n) is 5.87. The molecule has 0 saturated carbocycles. The van der Waals surface area contributed by atoms with Crippen LogP contribution in [-0.4, -0.2) is 35.4 Å². The molecule has 20 heavy (non-hydrogen) atoms. The van der Waals surface area contributed by atoms with Crippen molar-refractivity contribution in [3.05, 3.63) is 29.1 Å². The number of carbonyl (C=O) groups is 1. The van der Waals surface area contributed by atoms with Gasteiger partial charge in [-0.15, -0.1) is 0 Å². The number of amides is 1. The fraction of sp³-hybridized carbons (Fsp3) is 0.625. The molecule has 1 saturated heterocycles. The van der Waals surface area contributed by atoms with Crippen LogP contribution in [0, 0.1) is 19.8 Å². The van der Waals surface area contributed by atoms with E-state index in [1.165, 1.54) is 18.4 Å². The van der Waals surface area contributed by atoms with Gasteiger partial charge in [0.15, 0.2) is 0 Å². The van der Waals surface area contributed by atoms with Crippen LogP contribution in [0.25, 0.3) is 0 Å². The molecule has 1 aliphatic rings. The summed E-state index contributed by atoms with van der Waals surface area (Å²) < 4.78 is 0. The predicted molar refractivity (Wildman–Crippen MR) is 80.4 cm³/mol. The molecule has 1 aliphatic heterocycles. The van der Waals surface area contributed by atoms with Crippen LogP contribution >= 0.6 is 0 Å². The van der Waals surface area contributed by atoms with Crippen molar-refractivity contribution >= 4 is 5.91 Å². The molecule has 1 N–H and O–H groups in total. The lowest BCUT2D eigenvalue weighted by molar-refractivity contribution is -0.125. The molecule has 0 aliphatic carbocycles. The Morgan fingerprint density at radius 3 is 2.75 bits per heavy atom. The maximum Gasteiger partial charge on any atom is 0.224 e. The second kappa shape index (κ2) is 6.84. The van der Waals surface area contributed by atoms with Crippen LogP contribution in [0.1, 0.15) is 36.6 Å². The SMILES string of the molecule is Cc1cc(CNC(=O)C(C)CN2CCCC2)cnc1C. The van der Waals surface area contributed by atoms with Gasteiger partial charge in [0.2, 0.25) is 5.91 Å². The standard InChI is InChI=1S/C16H25N3O/c1-12-8-15(9-17-14(12)3)10-18-16(20)13(2)11-19-6-4-5-7-19/h8-9,13H,4-7,10-11H2,1-3H3,(H,18,20). The van der Waals surface area contributed by atoms with E-state index in [1.807, 2.05) is 27.0 Å². The number of hydrogen-bond acceptors (Lipinski definition) is 3. The van der Waals surface area contributed by atoms with Gasteiger partial charge in [0, 0.05) is 30.9 Å². The number of likely N-dealkylation sites (tertiary alicyclic amines) is 1. The van der Waals surface area contributed by atoms with Crippen molar-refractivity contribution < 1.29 is 4.79 Å². The predicted octanol–water partition coefficient (Wildman–Crippen LogP) is 2.05. The number of rotatable bonds is 5. The van der Waals surface area contributed by atoms with E-state index in [4.69, 9.17) is 0 Å². The lowest BCUT2D eigenvalue weighted by atomic mass is 10.1. The molecule has 0 aromatic carbocycles. The quantitative estimate of drug-likeness (QED) is 0.894. The fourth-order valence-electron chi connectivity index (χ4n) is 2.60. The van der Waals surface area contributed by atoms with Crippen molar-refractivity contribution in [1.29, 1.82) is 0 Å². The zero-order valence-corrected chi connectivity index (χ0v) is 12.8. The minimum atomic E-state index is 0.0487. The van der Waals surface area contributed by atoms with Crippen LogP contribution < -0.4 is 5.32 Å². The molecule has 4 heteroatoms. The van der Waals surface area contributed by atoms with Gasteiger partial charge < -0.3 is 10.2 Å². The third-order valence-electron chi connectivity index (χ3n) is 4.04. The first-order valence-corrected chi connectivity index (χ1v) is 7.48. The molecule has 1 aromatic rings. The van der Waals surface area contributed by atoms with Gasteiger partial charge in [-0.2, -0.15) is 0 Å². The van der Waals surface area contributed by atoms with Gasteiger partial charge in [-0.1, -0.05) is 13.0 Å². The summed E-state index contributed by atoms with van der Waals surface area (Å²) >= 11 is 0. The summed E-state index contributed by atoms with van der Waals surface area (Å²) in [6, 6.07) is 2.09. The molecule has 1 atom stereocenters. The van der Waals surface area contributed by atoms with E-state index < -0.39 is 0 Å². The minimum Gasteiger partial charge on any atom is -0.352 e. The van der Waals surface area contributed by atoms with Crippen molar-refractivity contribution in [2.75, 3.05) is 19.6 Å². The number of hydrogen-bond donors (Lipinski definition) is 1. The average molecular weight is 275 g/mol. The summed E-state index contributed by atoms with van der Waals surface area (Å²) in [5, 5.41) is 3.01. The zero-order valence-electron chi connectivity index (χ0n) is 12.8. The summed E-state index contributed by atoms with van der Waals surface area (Å²) in [6.07, 6.45) is 4.37. The number of pyridine rings is 1. The van der Waals surface area contributed by atoms with E-state index in [-0.39, 0.29) is 11.8 Å². The van der Waals surface area contributed by atoms with Crippen LogP contribution in [0.2, 0.25) is 0 Å². The first-order chi connectivity index (χ1) is 9.56. The number of carbonyl (C=O) groups excluding carboxylic acids is 1. The first-order valence-electron chi connectivity index (χ1n) is 7.48. The zero-order chi connectivity index (χ0) is 14.5. The van der Waals surface area contributed by atoms with Crippen LogP contribution in [0.3, 0.4) is 0 Å². The molecular weight excluding hydrogens is 250 g/mol. The highest BCUT2D eigenvalue weighted by atomic mass is 16.1. The molecule has 1 amide bonds. The van der Waals surface area contributed by atoms with E-state index >= 15 is 0 Å².